The summed E-state index contributed by atoms with van der Waals surface area (Å²) in [7, 11) is 0. The van der Waals surface area contributed by atoms with E-state index in [1.807, 2.05) is 0 Å². The molecular weight excluding hydrogens is 140 g/mol. The summed E-state index contributed by atoms with van der Waals surface area (Å²) in [5.41, 5.74) is 10.8. The first-order chi connectivity index (χ1) is 5.22. The molecule has 0 aromatic heterocycles. The van der Waals surface area contributed by atoms with Gasteiger partial charge in [0.05, 0.1) is 6.10 Å². The van der Waals surface area contributed by atoms with Crippen molar-refractivity contribution >= 4 is 0 Å². The molecule has 2 atom stereocenters. The van der Waals surface area contributed by atoms with Gasteiger partial charge in [-0.3, -0.25) is 0 Å². The lowest BCUT2D eigenvalue weighted by atomic mass is 10.1. The Balaban J connectivity index is 3.28. The van der Waals surface area contributed by atoms with E-state index in [1.165, 1.54) is 6.42 Å². The number of hydrogen-bond donors (Lipinski definition) is 3. The number of aliphatic hydroxyl groups excluding tert-OH is 1. The normalized spacial score (nSPS) is 16.4. The lowest BCUT2D eigenvalue weighted by Gasteiger charge is -2.16. The molecule has 0 bridgehead atoms. The maximum absolute atomic E-state index is 9.34. The summed E-state index contributed by atoms with van der Waals surface area (Å²) in [5.74, 6) is 0. The Labute approximate surface area is 68.8 Å². The first-order valence-electron chi connectivity index (χ1n) is 4.36. The van der Waals surface area contributed by atoms with Gasteiger partial charge in [0.25, 0.3) is 0 Å². The Hall–Kier alpha value is -0.120. The first kappa shape index (κ1) is 10.9. The average Bonchev–Trinajstić information content (AvgIpc) is 2.03. The van der Waals surface area contributed by atoms with Crippen LogP contribution in [-0.4, -0.2) is 23.8 Å². The summed E-state index contributed by atoms with van der Waals surface area (Å²) in [6.07, 6.45) is 3.75. The summed E-state index contributed by atoms with van der Waals surface area (Å²) in [6.45, 7) is 2.50. The second-order valence-corrected chi connectivity index (χ2v) is 2.96. The SMILES string of the molecule is CCCCCC(O)C(N)CN. The molecular formula is C8H20N2O. The molecule has 3 nitrogen and oxygen atoms in total. The van der Waals surface area contributed by atoms with Crippen LogP contribution in [0.3, 0.4) is 0 Å². The van der Waals surface area contributed by atoms with Crippen LogP contribution in [-0.2, 0) is 0 Å². The molecule has 0 saturated heterocycles. The molecule has 2 unspecified atom stereocenters. The van der Waals surface area contributed by atoms with Crippen LogP contribution in [0, 0.1) is 0 Å². The fourth-order valence-electron chi connectivity index (χ4n) is 0.975. The third-order valence-electron chi connectivity index (χ3n) is 1.87. The van der Waals surface area contributed by atoms with Crippen LogP contribution < -0.4 is 11.5 Å². The lowest BCUT2D eigenvalue weighted by molar-refractivity contribution is 0.134. The maximum Gasteiger partial charge on any atom is 0.0703 e. The van der Waals surface area contributed by atoms with Gasteiger partial charge in [-0.15, -0.1) is 0 Å². The molecule has 0 aliphatic heterocycles. The van der Waals surface area contributed by atoms with Crippen molar-refractivity contribution in [2.24, 2.45) is 11.5 Å². The van der Waals surface area contributed by atoms with Crippen LogP contribution in [0.5, 0.6) is 0 Å². The van der Waals surface area contributed by atoms with Gasteiger partial charge < -0.3 is 16.6 Å². The summed E-state index contributed by atoms with van der Waals surface area (Å²) in [5, 5.41) is 9.34. The minimum atomic E-state index is -0.411. The van der Waals surface area contributed by atoms with Crippen molar-refractivity contribution in [3.63, 3.8) is 0 Å². The molecule has 0 fully saturated rings. The molecule has 0 aromatic rings. The standard InChI is InChI=1S/C8H20N2O/c1-2-3-4-5-8(11)7(10)6-9/h7-8,11H,2-6,9-10H2,1H3. The second-order valence-electron chi connectivity index (χ2n) is 2.96. The Morgan fingerprint density at radius 1 is 1.36 bits per heavy atom. The topological polar surface area (TPSA) is 72.3 Å². The largest absolute Gasteiger partial charge is 0.391 e. The minimum absolute atomic E-state index is 0.244. The van der Waals surface area contributed by atoms with Crippen LogP contribution >= 0.6 is 0 Å². The smallest absolute Gasteiger partial charge is 0.0703 e. The molecule has 0 rings (SSSR count). The van der Waals surface area contributed by atoms with Crippen molar-refractivity contribution in [1.29, 1.82) is 0 Å². The molecule has 0 aromatic carbocycles. The monoisotopic (exact) mass is 160 g/mol. The molecule has 0 aliphatic rings. The highest BCUT2D eigenvalue weighted by Crippen LogP contribution is 2.04. The number of unbranched alkanes of at least 4 members (excludes halogenated alkanes) is 2. The highest BCUT2D eigenvalue weighted by atomic mass is 16.3. The predicted molar refractivity (Wildman–Crippen MR) is 47.2 cm³/mol. The van der Waals surface area contributed by atoms with E-state index in [2.05, 4.69) is 6.92 Å². The molecule has 0 aliphatic carbocycles. The van der Waals surface area contributed by atoms with Gasteiger partial charge in [0, 0.05) is 12.6 Å². The van der Waals surface area contributed by atoms with E-state index in [-0.39, 0.29) is 6.04 Å². The van der Waals surface area contributed by atoms with Crippen LogP contribution in [0.25, 0.3) is 0 Å². The van der Waals surface area contributed by atoms with Gasteiger partial charge in [0.2, 0.25) is 0 Å². The van der Waals surface area contributed by atoms with Crippen molar-refractivity contribution < 1.29 is 5.11 Å². The van der Waals surface area contributed by atoms with Crippen LogP contribution in [0.1, 0.15) is 32.6 Å². The van der Waals surface area contributed by atoms with E-state index in [9.17, 15) is 5.11 Å². The van der Waals surface area contributed by atoms with Crippen molar-refractivity contribution in [2.45, 2.75) is 44.8 Å². The highest BCUT2D eigenvalue weighted by Gasteiger charge is 2.11. The van der Waals surface area contributed by atoms with Crippen LogP contribution in [0.2, 0.25) is 0 Å². The predicted octanol–water partition coefficient (Wildman–Crippen LogP) is 0.214. The molecule has 0 saturated carbocycles. The summed E-state index contributed by atoms with van der Waals surface area (Å²) < 4.78 is 0. The third kappa shape index (κ3) is 5.18. The van der Waals surface area contributed by atoms with Crippen LogP contribution in [0.15, 0.2) is 0 Å². The number of hydrogen-bond acceptors (Lipinski definition) is 3. The minimum Gasteiger partial charge on any atom is -0.391 e. The molecule has 0 radical (unpaired) electrons. The maximum atomic E-state index is 9.34. The van der Waals surface area contributed by atoms with Gasteiger partial charge >= 0.3 is 0 Å². The van der Waals surface area contributed by atoms with Gasteiger partial charge in [-0.25, -0.2) is 0 Å². The Bertz CT molecular complexity index is 88.2. The summed E-state index contributed by atoms with van der Waals surface area (Å²) in [6, 6.07) is -0.244. The zero-order valence-electron chi connectivity index (χ0n) is 7.29. The molecule has 68 valence electrons. The molecule has 0 spiro atoms. The fraction of sp³-hybridized carbons (Fsp3) is 1.00. The summed E-state index contributed by atoms with van der Waals surface area (Å²) in [4.78, 5) is 0. The van der Waals surface area contributed by atoms with Crippen molar-refractivity contribution in [2.75, 3.05) is 6.54 Å². The van der Waals surface area contributed by atoms with E-state index >= 15 is 0 Å². The lowest BCUT2D eigenvalue weighted by Crippen LogP contribution is -2.40. The van der Waals surface area contributed by atoms with Crippen LogP contribution in [0.4, 0.5) is 0 Å². The van der Waals surface area contributed by atoms with Gasteiger partial charge in [-0.05, 0) is 6.42 Å². The Morgan fingerprint density at radius 2 is 2.00 bits per heavy atom. The highest BCUT2D eigenvalue weighted by molar-refractivity contribution is 4.71. The van der Waals surface area contributed by atoms with Gasteiger partial charge in [-0.2, -0.15) is 0 Å². The molecule has 5 N–H and O–H groups in total. The third-order valence-corrected chi connectivity index (χ3v) is 1.87. The summed E-state index contributed by atoms with van der Waals surface area (Å²) >= 11 is 0. The average molecular weight is 160 g/mol. The molecule has 11 heavy (non-hydrogen) atoms. The van der Waals surface area contributed by atoms with Crippen molar-refractivity contribution in [3.05, 3.63) is 0 Å². The van der Waals surface area contributed by atoms with Gasteiger partial charge in [-0.1, -0.05) is 26.2 Å². The Morgan fingerprint density at radius 3 is 2.45 bits per heavy atom. The van der Waals surface area contributed by atoms with Crippen molar-refractivity contribution in [3.8, 4) is 0 Å². The Kier molecular flexibility index (Phi) is 6.51. The number of rotatable bonds is 6. The molecule has 3 heteroatoms. The zero-order chi connectivity index (χ0) is 8.69. The second kappa shape index (κ2) is 6.58. The van der Waals surface area contributed by atoms with E-state index < -0.39 is 6.10 Å². The fourth-order valence-corrected chi connectivity index (χ4v) is 0.975. The van der Waals surface area contributed by atoms with E-state index in [0.29, 0.717) is 6.54 Å². The number of nitrogens with two attached hydrogens (primary N) is 2. The number of aliphatic hydroxyl groups is 1. The zero-order valence-corrected chi connectivity index (χ0v) is 7.29. The van der Waals surface area contributed by atoms with E-state index in [1.54, 1.807) is 0 Å². The quantitative estimate of drug-likeness (QED) is 0.486. The van der Waals surface area contributed by atoms with E-state index in [0.717, 1.165) is 19.3 Å². The van der Waals surface area contributed by atoms with E-state index in [4.69, 9.17) is 11.5 Å². The molecule has 0 heterocycles. The van der Waals surface area contributed by atoms with Gasteiger partial charge in [0.15, 0.2) is 0 Å². The van der Waals surface area contributed by atoms with Gasteiger partial charge in [0.1, 0.15) is 0 Å². The first-order valence-corrected chi connectivity index (χ1v) is 4.36. The van der Waals surface area contributed by atoms with Crippen molar-refractivity contribution in [1.82, 2.24) is 0 Å². The molecule has 0 amide bonds.